The Labute approximate surface area is 76.9 Å². The van der Waals surface area contributed by atoms with Gasteiger partial charge in [-0.3, -0.25) is 0 Å². The minimum atomic E-state index is -0.295. The normalized spacial score (nSPS) is 13.2. The van der Waals surface area contributed by atoms with Crippen molar-refractivity contribution in [2.24, 2.45) is 7.05 Å². The summed E-state index contributed by atoms with van der Waals surface area (Å²) in [6.45, 7) is 3.05. The van der Waals surface area contributed by atoms with E-state index in [0.717, 1.165) is 6.42 Å². The zero-order chi connectivity index (χ0) is 9.68. The van der Waals surface area contributed by atoms with Crippen molar-refractivity contribution in [2.45, 2.75) is 26.0 Å². The summed E-state index contributed by atoms with van der Waals surface area (Å²) in [5, 5.41) is 23.7. The monoisotopic (exact) mass is 185 g/mol. The van der Waals surface area contributed by atoms with E-state index in [1.54, 1.807) is 7.05 Å². The summed E-state index contributed by atoms with van der Waals surface area (Å²) in [5.74, 6) is 0.644. The number of tetrazole rings is 1. The molecule has 0 saturated heterocycles. The topological polar surface area (TPSA) is 75.9 Å². The van der Waals surface area contributed by atoms with Gasteiger partial charge in [0.2, 0.25) is 0 Å². The number of nitrogens with zero attached hydrogens (tertiary/aromatic N) is 4. The maximum Gasteiger partial charge on any atom is 0.188 e. The lowest BCUT2D eigenvalue weighted by atomic mass is 10.3. The van der Waals surface area contributed by atoms with Crippen molar-refractivity contribution < 1.29 is 5.11 Å². The Bertz CT molecular complexity index is 249. The molecule has 1 aromatic heterocycles. The molecule has 0 radical (unpaired) electrons. The van der Waals surface area contributed by atoms with Gasteiger partial charge in [-0.2, -0.15) is 4.80 Å². The van der Waals surface area contributed by atoms with Gasteiger partial charge in [0.25, 0.3) is 0 Å². The van der Waals surface area contributed by atoms with E-state index < -0.39 is 0 Å². The van der Waals surface area contributed by atoms with Crippen LogP contribution in [0.3, 0.4) is 0 Å². The highest BCUT2D eigenvalue weighted by Gasteiger charge is 2.02. The van der Waals surface area contributed by atoms with Gasteiger partial charge in [-0.25, -0.2) is 0 Å². The van der Waals surface area contributed by atoms with Gasteiger partial charge in [0.05, 0.1) is 19.7 Å². The molecule has 0 amide bonds. The summed E-state index contributed by atoms with van der Waals surface area (Å²) >= 11 is 0. The summed E-state index contributed by atoms with van der Waals surface area (Å²) in [6, 6.07) is 0. The minimum absolute atomic E-state index is 0.295. The van der Waals surface area contributed by atoms with Gasteiger partial charge < -0.3 is 10.4 Å². The van der Waals surface area contributed by atoms with Gasteiger partial charge in [-0.05, 0) is 11.6 Å². The lowest BCUT2D eigenvalue weighted by Crippen LogP contribution is -2.26. The zero-order valence-corrected chi connectivity index (χ0v) is 7.93. The Morgan fingerprint density at radius 3 is 2.92 bits per heavy atom. The molecular formula is C7H15N5O. The summed E-state index contributed by atoms with van der Waals surface area (Å²) in [4.78, 5) is 1.41. The van der Waals surface area contributed by atoms with E-state index in [2.05, 4.69) is 20.7 Å². The summed E-state index contributed by atoms with van der Waals surface area (Å²) in [6.07, 6.45) is 0.456. The Balaban J connectivity index is 2.20. The fourth-order valence-corrected chi connectivity index (χ4v) is 0.889. The van der Waals surface area contributed by atoms with Crippen LogP contribution in [-0.4, -0.2) is 38.0 Å². The van der Waals surface area contributed by atoms with Crippen LogP contribution in [0.1, 0.15) is 19.2 Å². The average molecular weight is 185 g/mol. The molecule has 1 rings (SSSR count). The first-order chi connectivity index (χ1) is 6.22. The highest BCUT2D eigenvalue weighted by atomic mass is 16.3. The molecule has 6 nitrogen and oxygen atoms in total. The van der Waals surface area contributed by atoms with Crippen molar-refractivity contribution in [1.29, 1.82) is 0 Å². The third-order valence-electron chi connectivity index (χ3n) is 1.68. The van der Waals surface area contributed by atoms with E-state index in [9.17, 15) is 5.11 Å². The van der Waals surface area contributed by atoms with E-state index in [0.29, 0.717) is 18.9 Å². The van der Waals surface area contributed by atoms with Crippen LogP contribution in [0.15, 0.2) is 0 Å². The Hall–Kier alpha value is -1.01. The third-order valence-corrected chi connectivity index (χ3v) is 1.68. The van der Waals surface area contributed by atoms with E-state index in [-0.39, 0.29) is 6.10 Å². The summed E-state index contributed by atoms with van der Waals surface area (Å²) < 4.78 is 0. The minimum Gasteiger partial charge on any atom is -0.392 e. The van der Waals surface area contributed by atoms with Crippen LogP contribution in [0.25, 0.3) is 0 Å². The fourth-order valence-electron chi connectivity index (χ4n) is 0.889. The number of hydrogen-bond acceptors (Lipinski definition) is 5. The molecule has 0 aliphatic carbocycles. The van der Waals surface area contributed by atoms with Gasteiger partial charge in [0.15, 0.2) is 5.82 Å². The summed E-state index contributed by atoms with van der Waals surface area (Å²) in [5.41, 5.74) is 0. The van der Waals surface area contributed by atoms with Gasteiger partial charge >= 0.3 is 0 Å². The van der Waals surface area contributed by atoms with Gasteiger partial charge in [-0.1, -0.05) is 6.92 Å². The maximum absolute atomic E-state index is 9.22. The zero-order valence-electron chi connectivity index (χ0n) is 7.93. The van der Waals surface area contributed by atoms with Gasteiger partial charge in [0, 0.05) is 6.54 Å². The molecule has 0 aromatic carbocycles. The molecule has 0 saturated carbocycles. The van der Waals surface area contributed by atoms with Crippen molar-refractivity contribution in [3.05, 3.63) is 5.82 Å². The van der Waals surface area contributed by atoms with E-state index in [1.807, 2.05) is 6.92 Å². The number of aliphatic hydroxyl groups excluding tert-OH is 1. The number of aromatic nitrogens is 4. The van der Waals surface area contributed by atoms with Crippen molar-refractivity contribution in [3.8, 4) is 0 Å². The predicted octanol–water partition coefficient (Wildman–Crippen LogP) is -0.929. The maximum atomic E-state index is 9.22. The van der Waals surface area contributed by atoms with Gasteiger partial charge in [0.1, 0.15) is 0 Å². The third kappa shape index (κ3) is 3.47. The summed E-state index contributed by atoms with van der Waals surface area (Å²) in [7, 11) is 1.72. The largest absolute Gasteiger partial charge is 0.392 e. The Morgan fingerprint density at radius 1 is 1.62 bits per heavy atom. The molecule has 6 heteroatoms. The van der Waals surface area contributed by atoms with E-state index in [1.165, 1.54) is 4.80 Å². The molecule has 0 aliphatic rings. The molecule has 0 fully saturated rings. The SMILES string of the molecule is CCC(O)CNCc1nnn(C)n1. The van der Waals surface area contributed by atoms with Gasteiger partial charge in [-0.15, -0.1) is 10.2 Å². The fraction of sp³-hybridized carbons (Fsp3) is 0.857. The van der Waals surface area contributed by atoms with E-state index >= 15 is 0 Å². The quantitative estimate of drug-likeness (QED) is 0.620. The number of hydrogen-bond donors (Lipinski definition) is 2. The van der Waals surface area contributed by atoms with Crippen LogP contribution in [0.2, 0.25) is 0 Å². The predicted molar refractivity (Wildman–Crippen MR) is 46.8 cm³/mol. The smallest absolute Gasteiger partial charge is 0.188 e. The van der Waals surface area contributed by atoms with Crippen LogP contribution < -0.4 is 5.32 Å². The highest BCUT2D eigenvalue weighted by molar-refractivity contribution is 4.75. The molecule has 2 N–H and O–H groups in total. The second-order valence-corrected chi connectivity index (χ2v) is 2.89. The average Bonchev–Trinajstić information content (AvgIpc) is 2.51. The molecular weight excluding hydrogens is 170 g/mol. The van der Waals surface area contributed by atoms with E-state index in [4.69, 9.17) is 0 Å². The molecule has 1 aromatic rings. The lowest BCUT2D eigenvalue weighted by molar-refractivity contribution is 0.167. The molecule has 1 unspecified atom stereocenters. The van der Waals surface area contributed by atoms with Crippen molar-refractivity contribution in [1.82, 2.24) is 25.5 Å². The van der Waals surface area contributed by atoms with Crippen molar-refractivity contribution in [3.63, 3.8) is 0 Å². The lowest BCUT2D eigenvalue weighted by Gasteiger charge is -2.06. The second kappa shape index (κ2) is 4.88. The van der Waals surface area contributed by atoms with Crippen LogP contribution in [0, 0.1) is 0 Å². The first-order valence-electron chi connectivity index (χ1n) is 4.34. The molecule has 74 valence electrons. The Kier molecular flexibility index (Phi) is 3.78. The number of rotatable bonds is 5. The standard InChI is InChI=1S/C7H15N5O/c1-3-6(13)4-8-5-7-9-11-12(2)10-7/h6,8,13H,3-5H2,1-2H3. The van der Waals surface area contributed by atoms with Crippen LogP contribution in [0.5, 0.6) is 0 Å². The number of aliphatic hydroxyl groups is 1. The second-order valence-electron chi connectivity index (χ2n) is 2.89. The molecule has 0 spiro atoms. The molecule has 1 atom stereocenters. The molecule has 0 bridgehead atoms. The van der Waals surface area contributed by atoms with Crippen molar-refractivity contribution in [2.75, 3.05) is 6.54 Å². The number of aryl methyl sites for hydroxylation is 1. The Morgan fingerprint density at radius 2 is 2.38 bits per heavy atom. The molecule has 13 heavy (non-hydrogen) atoms. The van der Waals surface area contributed by atoms with Crippen LogP contribution in [0.4, 0.5) is 0 Å². The first kappa shape index (κ1) is 10.1. The first-order valence-corrected chi connectivity index (χ1v) is 4.34. The highest BCUT2D eigenvalue weighted by Crippen LogP contribution is 1.88. The van der Waals surface area contributed by atoms with Crippen LogP contribution in [-0.2, 0) is 13.6 Å². The molecule has 1 heterocycles. The van der Waals surface area contributed by atoms with Crippen molar-refractivity contribution >= 4 is 0 Å². The number of nitrogens with one attached hydrogen (secondary N) is 1. The van der Waals surface area contributed by atoms with Crippen LogP contribution >= 0.6 is 0 Å². The molecule has 0 aliphatic heterocycles.